The van der Waals surface area contributed by atoms with E-state index in [1.54, 1.807) is 4.90 Å². The van der Waals surface area contributed by atoms with Crippen LogP contribution in [-0.4, -0.2) is 47.3 Å². The molecular formula is C18H25NO3. The Balaban J connectivity index is 1.75. The molecule has 120 valence electrons. The lowest BCUT2D eigenvalue weighted by Crippen LogP contribution is -2.56. The molecule has 0 spiro atoms. The molecule has 2 aliphatic carbocycles. The molecule has 0 heterocycles. The van der Waals surface area contributed by atoms with E-state index in [9.17, 15) is 4.79 Å². The van der Waals surface area contributed by atoms with E-state index in [4.69, 9.17) is 10.2 Å². The maximum atomic E-state index is 12.8. The molecule has 2 bridgehead atoms. The predicted octanol–water partition coefficient (Wildman–Crippen LogP) is 1.63. The number of carbonyl (C=O) groups is 1. The number of amides is 1. The van der Waals surface area contributed by atoms with Gasteiger partial charge >= 0.3 is 0 Å². The van der Waals surface area contributed by atoms with Gasteiger partial charge in [-0.05, 0) is 36.2 Å². The number of hydrogen-bond acceptors (Lipinski definition) is 3. The van der Waals surface area contributed by atoms with E-state index in [-0.39, 0.29) is 25.0 Å². The van der Waals surface area contributed by atoms with Gasteiger partial charge in [0.15, 0.2) is 0 Å². The van der Waals surface area contributed by atoms with Gasteiger partial charge in [0, 0.05) is 19.0 Å². The summed E-state index contributed by atoms with van der Waals surface area (Å²) in [7, 11) is 0. The quantitative estimate of drug-likeness (QED) is 0.840. The van der Waals surface area contributed by atoms with Crippen molar-refractivity contribution in [3.8, 4) is 0 Å². The molecule has 0 aromatic heterocycles. The molecule has 1 aromatic rings. The van der Waals surface area contributed by atoms with Crippen molar-refractivity contribution < 1.29 is 15.0 Å². The first kappa shape index (κ1) is 15.5. The van der Waals surface area contributed by atoms with Crippen LogP contribution in [0.5, 0.6) is 0 Å². The fourth-order valence-electron chi connectivity index (χ4n) is 4.56. The minimum absolute atomic E-state index is 0.0457. The van der Waals surface area contributed by atoms with Gasteiger partial charge in [0.25, 0.3) is 0 Å². The topological polar surface area (TPSA) is 60.8 Å². The van der Waals surface area contributed by atoms with Crippen molar-refractivity contribution in [2.24, 2.45) is 17.8 Å². The van der Waals surface area contributed by atoms with E-state index in [1.807, 2.05) is 6.07 Å². The molecule has 2 atom stereocenters. The van der Waals surface area contributed by atoms with Crippen LogP contribution in [0.3, 0.4) is 0 Å². The van der Waals surface area contributed by atoms with E-state index >= 15 is 0 Å². The second-order valence-corrected chi connectivity index (χ2v) is 6.49. The highest BCUT2D eigenvalue weighted by atomic mass is 16.3. The first-order chi connectivity index (χ1) is 10.8. The van der Waals surface area contributed by atoms with Gasteiger partial charge in [0.1, 0.15) is 0 Å². The van der Waals surface area contributed by atoms with Gasteiger partial charge in [-0.15, -0.1) is 0 Å². The van der Waals surface area contributed by atoms with Crippen LogP contribution in [0.25, 0.3) is 0 Å². The first-order valence-corrected chi connectivity index (χ1v) is 8.33. The highest BCUT2D eigenvalue weighted by Gasteiger charge is 2.56. The number of aliphatic hydroxyl groups excluding tert-OH is 2. The monoisotopic (exact) mass is 303 g/mol. The molecule has 0 aliphatic heterocycles. The number of hydrogen-bond donors (Lipinski definition) is 2. The average Bonchev–Trinajstić information content (AvgIpc) is 2.56. The predicted molar refractivity (Wildman–Crippen MR) is 84.3 cm³/mol. The minimum Gasteiger partial charge on any atom is -0.395 e. The van der Waals surface area contributed by atoms with Crippen molar-refractivity contribution in [3.05, 3.63) is 35.9 Å². The number of fused-ring (bicyclic) bond motifs is 2. The molecule has 2 N–H and O–H groups in total. The van der Waals surface area contributed by atoms with E-state index in [2.05, 4.69) is 24.3 Å². The molecule has 0 saturated heterocycles. The van der Waals surface area contributed by atoms with Crippen LogP contribution in [0.15, 0.2) is 30.3 Å². The third-order valence-electron chi connectivity index (χ3n) is 5.44. The highest BCUT2D eigenvalue weighted by Crippen LogP contribution is 2.60. The summed E-state index contributed by atoms with van der Waals surface area (Å²) in [5.41, 5.74) is 1.36. The largest absolute Gasteiger partial charge is 0.395 e. The van der Waals surface area contributed by atoms with Crippen molar-refractivity contribution in [3.63, 3.8) is 0 Å². The number of nitrogens with zero attached hydrogens (tertiary/aromatic N) is 1. The Labute approximate surface area is 131 Å². The zero-order chi connectivity index (χ0) is 15.5. The Bertz CT molecular complexity index is 486. The second kappa shape index (κ2) is 6.80. The molecule has 4 heteroatoms. The van der Waals surface area contributed by atoms with Crippen LogP contribution in [0, 0.1) is 17.8 Å². The average molecular weight is 303 g/mol. The fourth-order valence-corrected chi connectivity index (χ4v) is 4.56. The molecule has 1 amide bonds. The standard InChI is InChI=1S/C18H25NO3/c20-11-9-19(10-12-21)18(22)17-14-7-4-8-15(17)16(14)13-5-2-1-3-6-13/h1-3,5-6,14-17,20-21H,4,7-12H2. The summed E-state index contributed by atoms with van der Waals surface area (Å²) in [6.45, 7) is 0.558. The third-order valence-corrected chi connectivity index (χ3v) is 5.44. The molecule has 4 nitrogen and oxygen atoms in total. The zero-order valence-electron chi connectivity index (χ0n) is 12.9. The number of benzene rings is 1. The van der Waals surface area contributed by atoms with Crippen LogP contribution in [0.1, 0.15) is 30.7 Å². The Morgan fingerprint density at radius 1 is 1.05 bits per heavy atom. The van der Waals surface area contributed by atoms with Crippen molar-refractivity contribution in [1.82, 2.24) is 4.90 Å². The summed E-state index contributed by atoms with van der Waals surface area (Å²) < 4.78 is 0. The Kier molecular flexibility index (Phi) is 4.79. The van der Waals surface area contributed by atoms with Crippen molar-refractivity contribution >= 4 is 5.91 Å². The molecule has 2 saturated carbocycles. The van der Waals surface area contributed by atoms with Crippen LogP contribution < -0.4 is 0 Å². The Morgan fingerprint density at radius 3 is 2.18 bits per heavy atom. The lowest BCUT2D eigenvalue weighted by Gasteiger charge is -2.56. The molecule has 3 rings (SSSR count). The van der Waals surface area contributed by atoms with Gasteiger partial charge in [-0.3, -0.25) is 4.79 Å². The maximum Gasteiger partial charge on any atom is 0.226 e. The van der Waals surface area contributed by atoms with Crippen LogP contribution in [0.4, 0.5) is 0 Å². The molecule has 22 heavy (non-hydrogen) atoms. The summed E-state index contributed by atoms with van der Waals surface area (Å²) in [6.07, 6.45) is 3.43. The first-order valence-electron chi connectivity index (χ1n) is 8.33. The van der Waals surface area contributed by atoms with Gasteiger partial charge in [0.05, 0.1) is 13.2 Å². The van der Waals surface area contributed by atoms with E-state index in [1.165, 1.54) is 12.0 Å². The zero-order valence-corrected chi connectivity index (χ0v) is 12.9. The third kappa shape index (κ3) is 2.66. The number of carbonyl (C=O) groups excluding carboxylic acids is 1. The molecular weight excluding hydrogens is 278 g/mol. The summed E-state index contributed by atoms with van der Waals surface area (Å²) in [6, 6.07) is 10.5. The summed E-state index contributed by atoms with van der Waals surface area (Å²) in [5.74, 6) is 1.57. The Morgan fingerprint density at radius 2 is 1.64 bits per heavy atom. The van der Waals surface area contributed by atoms with E-state index < -0.39 is 0 Å². The van der Waals surface area contributed by atoms with Crippen LogP contribution in [-0.2, 0) is 4.79 Å². The van der Waals surface area contributed by atoms with Gasteiger partial charge in [-0.2, -0.15) is 0 Å². The fraction of sp³-hybridized carbons (Fsp3) is 0.611. The summed E-state index contributed by atoms with van der Waals surface area (Å²) >= 11 is 0. The van der Waals surface area contributed by atoms with Gasteiger partial charge in [-0.1, -0.05) is 36.8 Å². The van der Waals surface area contributed by atoms with Gasteiger partial charge in [0.2, 0.25) is 5.91 Å². The smallest absolute Gasteiger partial charge is 0.226 e. The van der Waals surface area contributed by atoms with Gasteiger partial charge in [-0.25, -0.2) is 0 Å². The van der Waals surface area contributed by atoms with Crippen molar-refractivity contribution in [2.45, 2.75) is 25.2 Å². The second-order valence-electron chi connectivity index (χ2n) is 6.49. The highest BCUT2D eigenvalue weighted by molar-refractivity contribution is 5.81. The minimum atomic E-state index is -0.0457. The number of rotatable bonds is 6. The maximum absolute atomic E-state index is 12.8. The SMILES string of the molecule is O=C(C1C2CCCC1C2c1ccccc1)N(CCO)CCO. The lowest BCUT2D eigenvalue weighted by molar-refractivity contribution is -0.153. The van der Waals surface area contributed by atoms with Crippen LogP contribution >= 0.6 is 0 Å². The Hall–Kier alpha value is -1.39. The van der Waals surface area contributed by atoms with Crippen molar-refractivity contribution in [2.75, 3.05) is 26.3 Å². The van der Waals surface area contributed by atoms with E-state index in [0.717, 1.165) is 12.8 Å². The number of aliphatic hydroxyl groups is 2. The summed E-state index contributed by atoms with van der Waals surface area (Å²) in [5, 5.41) is 18.3. The normalized spacial score (nSPS) is 29.7. The van der Waals surface area contributed by atoms with Crippen molar-refractivity contribution in [1.29, 1.82) is 0 Å². The summed E-state index contributed by atoms with van der Waals surface area (Å²) in [4.78, 5) is 14.4. The molecule has 2 fully saturated rings. The lowest BCUT2D eigenvalue weighted by atomic mass is 9.48. The molecule has 1 aromatic carbocycles. The van der Waals surface area contributed by atoms with Gasteiger partial charge < -0.3 is 15.1 Å². The molecule has 2 unspecified atom stereocenters. The van der Waals surface area contributed by atoms with Crippen LogP contribution in [0.2, 0.25) is 0 Å². The molecule has 0 radical (unpaired) electrons. The van der Waals surface area contributed by atoms with E-state index in [0.29, 0.717) is 30.8 Å². The molecule has 2 aliphatic rings.